The molecule has 0 unspecified atom stereocenters. The van der Waals surface area contributed by atoms with Gasteiger partial charge in [-0.3, -0.25) is 0 Å². The predicted molar refractivity (Wildman–Crippen MR) is 93.2 cm³/mol. The molecule has 0 aliphatic rings. The largest absolute Gasteiger partial charge is 0.497 e. The molecule has 0 aliphatic heterocycles. The highest BCUT2D eigenvalue weighted by Crippen LogP contribution is 2.27. The zero-order valence-corrected chi connectivity index (χ0v) is 13.5. The average Bonchev–Trinajstić information content (AvgIpc) is 2.65. The third kappa shape index (κ3) is 3.82. The van der Waals surface area contributed by atoms with Crippen molar-refractivity contribution in [3.8, 4) is 23.6 Å². The normalized spacial score (nSPS) is 9.83. The van der Waals surface area contributed by atoms with Gasteiger partial charge in [-0.15, -0.1) is 0 Å². The fourth-order valence-corrected chi connectivity index (χ4v) is 2.23. The molecule has 0 aliphatic carbocycles. The highest BCUT2D eigenvalue weighted by Gasteiger charge is 2.07. The summed E-state index contributed by atoms with van der Waals surface area (Å²) in [7, 11) is 3.18. The van der Waals surface area contributed by atoms with Gasteiger partial charge in [-0.1, -0.05) is 42.5 Å². The van der Waals surface area contributed by atoms with Gasteiger partial charge in [0, 0.05) is 11.1 Å². The Balaban J connectivity index is 2.53. The molecule has 0 radical (unpaired) electrons. The van der Waals surface area contributed by atoms with E-state index >= 15 is 0 Å². The summed E-state index contributed by atoms with van der Waals surface area (Å²) in [6, 6.07) is 18.7. The Labute approximate surface area is 141 Å². The van der Waals surface area contributed by atoms with Crippen molar-refractivity contribution in [2.24, 2.45) is 0 Å². The molecular formula is C20H16N2O2. The van der Waals surface area contributed by atoms with E-state index in [1.165, 1.54) is 0 Å². The molecule has 0 saturated carbocycles. The Hall–Kier alpha value is -3.50. The van der Waals surface area contributed by atoms with E-state index in [1.54, 1.807) is 38.5 Å². The Kier molecular flexibility index (Phi) is 5.77. The van der Waals surface area contributed by atoms with E-state index in [0.717, 1.165) is 11.1 Å². The van der Waals surface area contributed by atoms with Crippen LogP contribution in [0.4, 0.5) is 0 Å². The molecule has 118 valence electrons. The number of rotatable bonds is 5. The van der Waals surface area contributed by atoms with Crippen molar-refractivity contribution in [2.75, 3.05) is 14.2 Å². The van der Waals surface area contributed by atoms with E-state index in [0.29, 0.717) is 17.1 Å². The average molecular weight is 316 g/mol. The lowest BCUT2D eigenvalue weighted by Gasteiger charge is -2.08. The van der Waals surface area contributed by atoms with E-state index in [1.807, 2.05) is 48.5 Å². The lowest BCUT2D eigenvalue weighted by Crippen LogP contribution is -1.90. The van der Waals surface area contributed by atoms with Gasteiger partial charge >= 0.3 is 0 Å². The second-order valence-corrected chi connectivity index (χ2v) is 4.82. The van der Waals surface area contributed by atoms with Gasteiger partial charge < -0.3 is 9.47 Å². The maximum atomic E-state index is 9.23. The van der Waals surface area contributed by atoms with Crippen molar-refractivity contribution in [3.05, 3.63) is 71.3 Å². The number of nitriles is 2. The highest BCUT2D eigenvalue weighted by molar-refractivity contribution is 5.85. The van der Waals surface area contributed by atoms with E-state index in [9.17, 15) is 10.5 Å². The molecule has 2 rings (SSSR count). The van der Waals surface area contributed by atoms with Gasteiger partial charge in [0.15, 0.2) is 0 Å². The minimum absolute atomic E-state index is 0.0549. The number of hydrogen-bond acceptors (Lipinski definition) is 4. The smallest absolute Gasteiger partial charge is 0.137 e. The molecule has 0 fully saturated rings. The molecule has 0 heterocycles. The van der Waals surface area contributed by atoms with Gasteiger partial charge in [0.2, 0.25) is 0 Å². The van der Waals surface area contributed by atoms with Crippen LogP contribution in [0, 0.1) is 22.7 Å². The second kappa shape index (κ2) is 8.22. The third-order valence-electron chi connectivity index (χ3n) is 3.44. The van der Waals surface area contributed by atoms with Crippen molar-refractivity contribution in [1.82, 2.24) is 0 Å². The Morgan fingerprint density at radius 1 is 0.958 bits per heavy atom. The molecule has 0 atom stereocenters. The van der Waals surface area contributed by atoms with Crippen LogP contribution in [-0.2, 0) is 0 Å². The summed E-state index contributed by atoms with van der Waals surface area (Å²) in [4.78, 5) is 0. The summed E-state index contributed by atoms with van der Waals surface area (Å²) >= 11 is 0. The molecule has 4 heteroatoms. The summed E-state index contributed by atoms with van der Waals surface area (Å²) in [6.45, 7) is 0. The van der Waals surface area contributed by atoms with Crippen LogP contribution in [0.2, 0.25) is 0 Å². The molecule has 0 saturated heterocycles. The number of nitrogens with zero attached hydrogens (tertiary/aromatic N) is 2. The monoisotopic (exact) mass is 316 g/mol. The van der Waals surface area contributed by atoms with Gasteiger partial charge in [0.1, 0.15) is 29.2 Å². The molecule has 0 aromatic heterocycles. The first-order chi connectivity index (χ1) is 11.7. The second-order valence-electron chi connectivity index (χ2n) is 4.82. The van der Waals surface area contributed by atoms with Crippen molar-refractivity contribution in [2.45, 2.75) is 0 Å². The van der Waals surface area contributed by atoms with E-state index in [2.05, 4.69) is 0 Å². The van der Waals surface area contributed by atoms with Crippen LogP contribution in [0.3, 0.4) is 0 Å². The summed E-state index contributed by atoms with van der Waals surface area (Å²) in [5.74, 6) is 1.37. The van der Waals surface area contributed by atoms with Crippen LogP contribution in [-0.4, -0.2) is 14.2 Å². The van der Waals surface area contributed by atoms with Gasteiger partial charge in [-0.2, -0.15) is 10.5 Å². The van der Waals surface area contributed by atoms with E-state index in [-0.39, 0.29) is 5.57 Å². The van der Waals surface area contributed by atoms with E-state index < -0.39 is 0 Å². The predicted octanol–water partition coefficient (Wildman–Crippen LogP) is 4.22. The van der Waals surface area contributed by atoms with E-state index in [4.69, 9.17) is 9.47 Å². The minimum atomic E-state index is 0.0549. The lowest BCUT2D eigenvalue weighted by molar-refractivity contribution is 0.402. The standard InChI is InChI=1S/C20H16N2O2/c1-23-18-9-11-20(24-2)16(12-18)8-10-19(17(13-21)14-22)15-6-4-3-5-7-15/h3-12H,1-2H3/b10-8+. The van der Waals surface area contributed by atoms with Crippen LogP contribution in [0.1, 0.15) is 11.1 Å². The highest BCUT2D eigenvalue weighted by atomic mass is 16.5. The SMILES string of the molecule is COc1ccc(OC)c(/C=C/C(=C(C#N)C#N)c2ccccc2)c1. The minimum Gasteiger partial charge on any atom is -0.497 e. The van der Waals surface area contributed by atoms with Crippen molar-refractivity contribution in [1.29, 1.82) is 10.5 Å². The first-order valence-corrected chi connectivity index (χ1v) is 7.23. The van der Waals surface area contributed by atoms with Gasteiger partial charge in [-0.25, -0.2) is 0 Å². The summed E-state index contributed by atoms with van der Waals surface area (Å²) in [6.07, 6.45) is 3.55. The maximum Gasteiger partial charge on any atom is 0.137 e. The fourth-order valence-electron chi connectivity index (χ4n) is 2.23. The molecular weight excluding hydrogens is 300 g/mol. The molecule has 2 aromatic rings. The maximum absolute atomic E-state index is 9.23. The molecule has 0 N–H and O–H groups in total. The first-order valence-electron chi connectivity index (χ1n) is 7.23. The first kappa shape index (κ1) is 16.9. The van der Waals surface area contributed by atoms with Crippen LogP contribution in [0.5, 0.6) is 11.5 Å². The topological polar surface area (TPSA) is 66.0 Å². The molecule has 0 amide bonds. The number of hydrogen-bond donors (Lipinski definition) is 0. The van der Waals surface area contributed by atoms with Crippen LogP contribution in [0.25, 0.3) is 11.6 Å². The van der Waals surface area contributed by atoms with Gasteiger partial charge in [-0.05, 0) is 23.8 Å². The Bertz CT molecular complexity index is 837. The molecule has 4 nitrogen and oxygen atoms in total. The quantitative estimate of drug-likeness (QED) is 0.612. The third-order valence-corrected chi connectivity index (χ3v) is 3.44. The number of allylic oxidation sites excluding steroid dienone is 3. The summed E-state index contributed by atoms with van der Waals surface area (Å²) in [5.41, 5.74) is 2.21. The molecule has 2 aromatic carbocycles. The van der Waals surface area contributed by atoms with Crippen molar-refractivity contribution < 1.29 is 9.47 Å². The number of benzene rings is 2. The van der Waals surface area contributed by atoms with Crippen molar-refractivity contribution >= 4 is 11.6 Å². The number of ether oxygens (including phenoxy) is 2. The van der Waals surface area contributed by atoms with Crippen LogP contribution >= 0.6 is 0 Å². The van der Waals surface area contributed by atoms with Crippen LogP contribution < -0.4 is 9.47 Å². The molecule has 0 bridgehead atoms. The zero-order chi connectivity index (χ0) is 17.4. The van der Waals surface area contributed by atoms with Crippen molar-refractivity contribution in [3.63, 3.8) is 0 Å². The van der Waals surface area contributed by atoms with Gasteiger partial charge in [0.25, 0.3) is 0 Å². The zero-order valence-electron chi connectivity index (χ0n) is 13.5. The van der Waals surface area contributed by atoms with Gasteiger partial charge in [0.05, 0.1) is 14.2 Å². The lowest BCUT2D eigenvalue weighted by atomic mass is 9.99. The fraction of sp³-hybridized carbons (Fsp3) is 0.100. The summed E-state index contributed by atoms with van der Waals surface area (Å²) < 4.78 is 10.6. The number of methoxy groups -OCH3 is 2. The Morgan fingerprint density at radius 3 is 2.25 bits per heavy atom. The molecule has 24 heavy (non-hydrogen) atoms. The summed E-state index contributed by atoms with van der Waals surface area (Å²) in [5, 5.41) is 18.5. The Morgan fingerprint density at radius 2 is 1.67 bits per heavy atom. The van der Waals surface area contributed by atoms with Crippen LogP contribution in [0.15, 0.2) is 60.2 Å². The molecule has 0 spiro atoms.